The summed E-state index contributed by atoms with van der Waals surface area (Å²) in [4.78, 5) is 45.7. The van der Waals surface area contributed by atoms with Gasteiger partial charge in [-0.3, -0.25) is 10.2 Å². The first-order valence-electron chi connectivity index (χ1n) is 11.8. The maximum Gasteiger partial charge on any atom is 0.412 e. The zero-order chi connectivity index (χ0) is 27.1. The number of para-hydroxylation sites is 1. The van der Waals surface area contributed by atoms with Gasteiger partial charge in [-0.15, -0.1) is 0 Å². The van der Waals surface area contributed by atoms with Gasteiger partial charge in [-0.25, -0.2) is 28.7 Å². The maximum absolute atomic E-state index is 14.8. The lowest BCUT2D eigenvalue weighted by atomic mass is 10.3. The van der Waals surface area contributed by atoms with E-state index in [0.717, 1.165) is 11.0 Å². The minimum absolute atomic E-state index is 0.110. The number of imide groups is 1. The minimum Gasteiger partial charge on any atom is -0.454 e. The molecule has 1 aliphatic rings. The van der Waals surface area contributed by atoms with Crippen LogP contribution in [0.3, 0.4) is 0 Å². The molecular weight excluding hydrogens is 495 g/mol. The molecule has 4 rings (SSSR count). The van der Waals surface area contributed by atoms with E-state index in [1.54, 1.807) is 12.1 Å². The number of rotatable bonds is 8. The third-order valence-corrected chi connectivity index (χ3v) is 5.47. The lowest BCUT2D eigenvalue weighted by Crippen LogP contribution is -2.39. The van der Waals surface area contributed by atoms with Crippen LogP contribution in [-0.4, -0.2) is 73.3 Å². The number of likely N-dealkylation sites (N-methyl/N-ethyl adjacent to an activating group) is 1. The molecule has 0 atom stereocenters. The van der Waals surface area contributed by atoms with Gasteiger partial charge < -0.3 is 19.7 Å². The summed E-state index contributed by atoms with van der Waals surface area (Å²) in [6, 6.07) is 14.7. The lowest BCUT2D eigenvalue weighted by Gasteiger charge is -2.18. The maximum atomic E-state index is 14.8. The number of pyridine rings is 1. The molecule has 0 spiro atoms. The van der Waals surface area contributed by atoms with Crippen LogP contribution >= 0.6 is 0 Å². The molecule has 1 aliphatic heterocycles. The predicted molar refractivity (Wildman–Crippen MR) is 139 cm³/mol. The number of hydrogen-bond donors (Lipinski definition) is 2. The number of urea groups is 2. The summed E-state index contributed by atoms with van der Waals surface area (Å²) in [6.45, 7) is 1.33. The molecule has 12 heteroatoms. The Morgan fingerprint density at radius 3 is 2.58 bits per heavy atom. The monoisotopic (exact) mass is 522 g/mol. The number of halogens is 1. The SMILES string of the molecule is CN(C)CCOC(=O)Nc1cc(Oc2ccc(NC(=O)N3CCN(c4ccccc4)C3=O)cc2F)ccn1. The number of nitrogens with one attached hydrogen (secondary N) is 2. The zero-order valence-electron chi connectivity index (χ0n) is 20.9. The van der Waals surface area contributed by atoms with E-state index in [2.05, 4.69) is 15.6 Å². The van der Waals surface area contributed by atoms with Gasteiger partial charge in [0.15, 0.2) is 11.6 Å². The van der Waals surface area contributed by atoms with E-state index in [4.69, 9.17) is 9.47 Å². The normalized spacial score (nSPS) is 13.0. The smallest absolute Gasteiger partial charge is 0.412 e. The fourth-order valence-electron chi connectivity index (χ4n) is 3.56. The van der Waals surface area contributed by atoms with Crippen molar-refractivity contribution in [2.24, 2.45) is 0 Å². The summed E-state index contributed by atoms with van der Waals surface area (Å²) < 4.78 is 25.4. The average Bonchev–Trinajstić information content (AvgIpc) is 3.27. The van der Waals surface area contributed by atoms with Crippen LogP contribution in [-0.2, 0) is 4.74 Å². The van der Waals surface area contributed by atoms with Crippen LogP contribution in [0.4, 0.5) is 36.0 Å². The van der Waals surface area contributed by atoms with E-state index in [9.17, 15) is 18.8 Å². The van der Waals surface area contributed by atoms with E-state index in [1.807, 2.05) is 37.2 Å². The molecular formula is C26H27FN6O5. The highest BCUT2D eigenvalue weighted by atomic mass is 19.1. The van der Waals surface area contributed by atoms with Gasteiger partial charge in [0.25, 0.3) is 0 Å². The summed E-state index contributed by atoms with van der Waals surface area (Å²) in [5.74, 6) is -0.457. The van der Waals surface area contributed by atoms with Crippen molar-refractivity contribution in [3.8, 4) is 11.5 Å². The van der Waals surface area contributed by atoms with Crippen molar-refractivity contribution < 1.29 is 28.2 Å². The van der Waals surface area contributed by atoms with Gasteiger partial charge in [-0.2, -0.15) is 0 Å². The Morgan fingerprint density at radius 2 is 1.84 bits per heavy atom. The first kappa shape index (κ1) is 26.4. The van der Waals surface area contributed by atoms with Crippen LogP contribution in [0.2, 0.25) is 0 Å². The number of hydrogen-bond acceptors (Lipinski definition) is 7. The fourth-order valence-corrected chi connectivity index (χ4v) is 3.56. The third kappa shape index (κ3) is 6.73. The summed E-state index contributed by atoms with van der Waals surface area (Å²) in [5.41, 5.74) is 0.847. The molecule has 0 saturated carbocycles. The van der Waals surface area contributed by atoms with E-state index < -0.39 is 24.0 Å². The average molecular weight is 523 g/mol. The van der Waals surface area contributed by atoms with Gasteiger partial charge in [-0.05, 0) is 44.4 Å². The van der Waals surface area contributed by atoms with Crippen molar-refractivity contribution >= 4 is 35.3 Å². The summed E-state index contributed by atoms with van der Waals surface area (Å²) >= 11 is 0. The van der Waals surface area contributed by atoms with Crippen molar-refractivity contribution in [1.82, 2.24) is 14.8 Å². The second kappa shape index (κ2) is 12.0. The van der Waals surface area contributed by atoms with Crippen LogP contribution in [0.15, 0.2) is 66.9 Å². The molecule has 5 amide bonds. The number of amides is 5. The predicted octanol–water partition coefficient (Wildman–Crippen LogP) is 4.60. The molecule has 1 fully saturated rings. The highest BCUT2D eigenvalue weighted by Crippen LogP contribution is 2.28. The molecule has 1 aromatic heterocycles. The van der Waals surface area contributed by atoms with Crippen molar-refractivity contribution in [3.63, 3.8) is 0 Å². The fraction of sp³-hybridized carbons (Fsp3) is 0.231. The Morgan fingerprint density at radius 1 is 1.05 bits per heavy atom. The molecule has 2 aromatic carbocycles. The molecule has 2 N–H and O–H groups in total. The van der Waals surface area contributed by atoms with Crippen LogP contribution in [0.5, 0.6) is 11.5 Å². The molecule has 2 heterocycles. The molecule has 11 nitrogen and oxygen atoms in total. The van der Waals surface area contributed by atoms with Crippen molar-refractivity contribution in [3.05, 3.63) is 72.7 Å². The quantitative estimate of drug-likeness (QED) is 0.444. The molecule has 0 radical (unpaired) electrons. The van der Waals surface area contributed by atoms with Crippen LogP contribution in [0.25, 0.3) is 0 Å². The Balaban J connectivity index is 1.34. The highest BCUT2D eigenvalue weighted by molar-refractivity contribution is 6.08. The molecule has 38 heavy (non-hydrogen) atoms. The topological polar surface area (TPSA) is 116 Å². The highest BCUT2D eigenvalue weighted by Gasteiger charge is 2.34. The summed E-state index contributed by atoms with van der Waals surface area (Å²) in [7, 11) is 3.72. The molecule has 0 bridgehead atoms. The zero-order valence-corrected chi connectivity index (χ0v) is 20.9. The summed E-state index contributed by atoms with van der Waals surface area (Å²) in [6.07, 6.45) is 0.717. The summed E-state index contributed by atoms with van der Waals surface area (Å²) in [5, 5.41) is 5.03. The van der Waals surface area contributed by atoms with E-state index >= 15 is 0 Å². The first-order valence-corrected chi connectivity index (χ1v) is 11.8. The lowest BCUT2D eigenvalue weighted by molar-refractivity contribution is 0.151. The number of carbonyl (C=O) groups is 3. The number of carbonyl (C=O) groups excluding carboxylic acids is 3. The molecule has 3 aromatic rings. The number of benzene rings is 2. The van der Waals surface area contributed by atoms with Gasteiger partial charge in [0.1, 0.15) is 18.2 Å². The Bertz CT molecular complexity index is 1310. The van der Waals surface area contributed by atoms with Gasteiger partial charge in [0, 0.05) is 42.8 Å². The van der Waals surface area contributed by atoms with E-state index in [-0.39, 0.29) is 36.2 Å². The molecule has 1 saturated heterocycles. The number of ether oxygens (including phenoxy) is 2. The van der Waals surface area contributed by atoms with Crippen LogP contribution in [0.1, 0.15) is 0 Å². The third-order valence-electron chi connectivity index (χ3n) is 5.47. The van der Waals surface area contributed by atoms with Crippen molar-refractivity contribution in [1.29, 1.82) is 0 Å². The first-order chi connectivity index (χ1) is 18.3. The largest absolute Gasteiger partial charge is 0.454 e. The van der Waals surface area contributed by atoms with E-state index in [1.165, 1.54) is 35.4 Å². The Labute approximate surface area is 218 Å². The second-order valence-electron chi connectivity index (χ2n) is 8.54. The van der Waals surface area contributed by atoms with Gasteiger partial charge >= 0.3 is 18.2 Å². The van der Waals surface area contributed by atoms with Gasteiger partial charge in [0.2, 0.25) is 0 Å². The molecule has 198 valence electrons. The molecule has 0 unspecified atom stereocenters. The number of anilines is 3. The minimum atomic E-state index is -0.740. The number of nitrogens with zero attached hydrogens (tertiary/aromatic N) is 4. The molecule has 0 aliphatic carbocycles. The second-order valence-corrected chi connectivity index (χ2v) is 8.54. The Hall–Kier alpha value is -4.71. The number of aromatic nitrogens is 1. The van der Waals surface area contributed by atoms with Gasteiger partial charge in [0.05, 0.1) is 6.54 Å². The van der Waals surface area contributed by atoms with Crippen molar-refractivity contribution in [2.75, 3.05) is 55.9 Å². The van der Waals surface area contributed by atoms with Crippen LogP contribution < -0.4 is 20.3 Å². The van der Waals surface area contributed by atoms with E-state index in [0.29, 0.717) is 18.8 Å². The van der Waals surface area contributed by atoms with Crippen LogP contribution in [0, 0.1) is 5.82 Å². The Kier molecular flexibility index (Phi) is 8.34. The van der Waals surface area contributed by atoms with Gasteiger partial charge in [-0.1, -0.05) is 18.2 Å². The standard InChI is InChI=1S/C26H27FN6O5/c1-31(2)14-15-37-25(35)30-23-17-20(10-11-28-23)38-22-9-8-18(16-21(22)27)29-24(34)33-13-12-32(26(33)36)19-6-4-3-5-7-19/h3-11,16-17H,12-15H2,1-2H3,(H,29,34)(H,28,30,35). The van der Waals surface area contributed by atoms with Crippen molar-refractivity contribution in [2.45, 2.75) is 0 Å².